The van der Waals surface area contributed by atoms with Gasteiger partial charge >= 0.3 is 11.9 Å². The number of ether oxygens (including phenoxy) is 3. The number of nitrogens with zero attached hydrogens (tertiary/aromatic N) is 1. The van der Waals surface area contributed by atoms with E-state index >= 15 is 0 Å². The van der Waals surface area contributed by atoms with E-state index in [2.05, 4.69) is 25.8 Å². The van der Waals surface area contributed by atoms with Gasteiger partial charge in [-0.05, 0) is 53.8 Å². The lowest BCUT2D eigenvalue weighted by Crippen LogP contribution is -2.11. The molecule has 1 heterocycles. The molecule has 0 saturated carbocycles. The van der Waals surface area contributed by atoms with Gasteiger partial charge in [0.05, 0.1) is 11.6 Å². The van der Waals surface area contributed by atoms with Crippen LogP contribution in [-0.4, -0.2) is 24.4 Å². The van der Waals surface area contributed by atoms with Gasteiger partial charge in [0.25, 0.3) is 0 Å². The number of aliphatic imine (C=N–C) groups is 1. The van der Waals surface area contributed by atoms with Crippen molar-refractivity contribution in [2.24, 2.45) is 4.99 Å². The maximum absolute atomic E-state index is 12.4. The molecular formula is C24H24ClNO5. The molecular weight excluding hydrogens is 418 g/mol. The highest BCUT2D eigenvalue weighted by molar-refractivity contribution is 6.32. The smallest absolute Gasteiger partial charge is 0.363 e. The molecule has 3 rings (SSSR count). The predicted octanol–water partition coefficient (Wildman–Crippen LogP) is 5.31. The summed E-state index contributed by atoms with van der Waals surface area (Å²) in [4.78, 5) is 28.0. The molecule has 31 heavy (non-hydrogen) atoms. The van der Waals surface area contributed by atoms with E-state index in [-0.39, 0.29) is 27.8 Å². The number of rotatable bonds is 5. The number of esters is 2. The maximum atomic E-state index is 12.4. The summed E-state index contributed by atoms with van der Waals surface area (Å²) in [6.07, 6.45) is 1.55. The number of carbonyl (C=O) groups is 2. The van der Waals surface area contributed by atoms with E-state index in [0.29, 0.717) is 23.5 Å². The molecule has 0 saturated heterocycles. The summed E-state index contributed by atoms with van der Waals surface area (Å²) < 4.78 is 16.0. The first kappa shape index (κ1) is 22.6. The summed E-state index contributed by atoms with van der Waals surface area (Å²) in [6, 6.07) is 10.9. The molecule has 0 fully saturated rings. The second-order valence-corrected chi connectivity index (χ2v) is 8.43. The molecule has 0 unspecified atom stereocenters. The van der Waals surface area contributed by atoms with Crippen LogP contribution in [0.2, 0.25) is 5.02 Å². The van der Waals surface area contributed by atoms with Crippen molar-refractivity contribution in [2.45, 2.75) is 40.0 Å². The van der Waals surface area contributed by atoms with Crippen LogP contribution in [0.4, 0.5) is 0 Å². The minimum Gasteiger partial charge on any atom is -0.490 e. The van der Waals surface area contributed by atoms with Gasteiger partial charge in [0.15, 0.2) is 17.2 Å². The van der Waals surface area contributed by atoms with Crippen LogP contribution in [0.25, 0.3) is 6.08 Å². The minimum atomic E-state index is -0.562. The van der Waals surface area contributed by atoms with Crippen molar-refractivity contribution >= 4 is 35.5 Å². The van der Waals surface area contributed by atoms with Crippen molar-refractivity contribution in [1.29, 1.82) is 0 Å². The van der Waals surface area contributed by atoms with E-state index in [9.17, 15) is 9.59 Å². The van der Waals surface area contributed by atoms with Crippen LogP contribution in [0.5, 0.6) is 11.5 Å². The highest BCUT2D eigenvalue weighted by Crippen LogP contribution is 2.37. The molecule has 0 radical (unpaired) electrons. The minimum absolute atomic E-state index is 0.0214. The molecule has 162 valence electrons. The highest BCUT2D eigenvalue weighted by Gasteiger charge is 2.25. The zero-order valence-corrected chi connectivity index (χ0v) is 18.9. The van der Waals surface area contributed by atoms with Crippen molar-refractivity contribution in [2.75, 3.05) is 6.61 Å². The van der Waals surface area contributed by atoms with Gasteiger partial charge in [-0.3, -0.25) is 4.79 Å². The molecule has 0 spiro atoms. The fourth-order valence-electron chi connectivity index (χ4n) is 2.98. The SMILES string of the molecule is CCOc1cc(/C=C2\N=C(c3ccc(C(C)(C)C)cc3)OC2=O)cc(Cl)c1OC(C)=O. The van der Waals surface area contributed by atoms with E-state index in [1.54, 1.807) is 25.1 Å². The second kappa shape index (κ2) is 8.94. The monoisotopic (exact) mass is 441 g/mol. The molecule has 2 aromatic rings. The maximum Gasteiger partial charge on any atom is 0.363 e. The Morgan fingerprint density at radius 1 is 1.19 bits per heavy atom. The largest absolute Gasteiger partial charge is 0.490 e. The third kappa shape index (κ3) is 5.33. The molecule has 0 N–H and O–H groups in total. The quantitative estimate of drug-likeness (QED) is 0.357. The Morgan fingerprint density at radius 3 is 2.45 bits per heavy atom. The summed E-state index contributed by atoms with van der Waals surface area (Å²) in [7, 11) is 0. The van der Waals surface area contributed by atoms with Crippen molar-refractivity contribution in [3.8, 4) is 11.5 Å². The molecule has 0 aliphatic carbocycles. The lowest BCUT2D eigenvalue weighted by Gasteiger charge is -2.18. The Morgan fingerprint density at radius 2 is 1.87 bits per heavy atom. The van der Waals surface area contributed by atoms with E-state index < -0.39 is 11.9 Å². The van der Waals surface area contributed by atoms with E-state index in [0.717, 1.165) is 0 Å². The van der Waals surface area contributed by atoms with E-state index in [1.807, 2.05) is 24.3 Å². The Kier molecular flexibility index (Phi) is 6.51. The van der Waals surface area contributed by atoms with Crippen LogP contribution in [0.1, 0.15) is 51.3 Å². The van der Waals surface area contributed by atoms with Gasteiger partial charge in [-0.25, -0.2) is 9.79 Å². The third-order valence-corrected chi connectivity index (χ3v) is 4.78. The Bertz CT molecular complexity index is 1080. The van der Waals surface area contributed by atoms with Gasteiger partial charge in [0.1, 0.15) is 0 Å². The molecule has 0 aromatic heterocycles. The van der Waals surface area contributed by atoms with Crippen LogP contribution >= 0.6 is 11.6 Å². The first-order chi connectivity index (χ1) is 14.6. The van der Waals surface area contributed by atoms with E-state index in [1.165, 1.54) is 12.5 Å². The molecule has 7 heteroatoms. The first-order valence-electron chi connectivity index (χ1n) is 9.86. The molecule has 1 aliphatic heterocycles. The average Bonchev–Trinajstić information content (AvgIpc) is 3.04. The normalized spacial score (nSPS) is 15.0. The Balaban J connectivity index is 1.93. The van der Waals surface area contributed by atoms with Crippen LogP contribution < -0.4 is 9.47 Å². The lowest BCUT2D eigenvalue weighted by atomic mass is 9.87. The van der Waals surface area contributed by atoms with Gasteiger partial charge < -0.3 is 14.2 Å². The van der Waals surface area contributed by atoms with Gasteiger partial charge in [-0.1, -0.05) is 44.5 Å². The average molecular weight is 442 g/mol. The summed E-state index contributed by atoms with van der Waals surface area (Å²) in [5.74, 6) is -0.404. The standard InChI is InChI=1S/C24H24ClNO5/c1-6-29-20-13-15(11-18(25)21(20)30-14(2)27)12-19-23(28)31-22(26-19)16-7-9-17(10-8-16)24(3,4)5/h7-13H,6H2,1-5H3/b19-12-. The van der Waals surface area contributed by atoms with E-state index in [4.69, 9.17) is 25.8 Å². The van der Waals surface area contributed by atoms with Gasteiger partial charge in [0, 0.05) is 12.5 Å². The van der Waals surface area contributed by atoms with Crippen molar-refractivity contribution < 1.29 is 23.8 Å². The zero-order chi connectivity index (χ0) is 22.8. The highest BCUT2D eigenvalue weighted by atomic mass is 35.5. The molecule has 0 bridgehead atoms. The Labute approximate surface area is 186 Å². The number of cyclic esters (lactones) is 1. The zero-order valence-electron chi connectivity index (χ0n) is 18.1. The van der Waals surface area contributed by atoms with Crippen LogP contribution in [0.3, 0.4) is 0 Å². The predicted molar refractivity (Wildman–Crippen MR) is 120 cm³/mol. The summed E-state index contributed by atoms with van der Waals surface area (Å²) >= 11 is 6.27. The number of hydrogen-bond donors (Lipinski definition) is 0. The molecule has 2 aromatic carbocycles. The second-order valence-electron chi connectivity index (χ2n) is 8.02. The lowest BCUT2D eigenvalue weighted by molar-refractivity contribution is -0.132. The van der Waals surface area contributed by atoms with Crippen LogP contribution in [-0.2, 0) is 19.7 Å². The summed E-state index contributed by atoms with van der Waals surface area (Å²) in [5.41, 5.74) is 2.59. The Hall–Kier alpha value is -3.12. The molecule has 1 aliphatic rings. The van der Waals surface area contributed by atoms with Crippen LogP contribution in [0.15, 0.2) is 47.1 Å². The van der Waals surface area contributed by atoms with Gasteiger partial charge in [0.2, 0.25) is 5.90 Å². The molecule has 6 nitrogen and oxygen atoms in total. The van der Waals surface area contributed by atoms with Gasteiger partial charge in [-0.15, -0.1) is 0 Å². The van der Waals surface area contributed by atoms with Crippen molar-refractivity contribution in [3.63, 3.8) is 0 Å². The number of carbonyl (C=O) groups excluding carboxylic acids is 2. The number of benzene rings is 2. The number of hydrogen-bond acceptors (Lipinski definition) is 6. The molecule has 0 amide bonds. The number of halogens is 1. The van der Waals surface area contributed by atoms with Crippen molar-refractivity contribution in [1.82, 2.24) is 0 Å². The fourth-order valence-corrected chi connectivity index (χ4v) is 3.24. The third-order valence-electron chi connectivity index (χ3n) is 4.50. The first-order valence-corrected chi connectivity index (χ1v) is 10.2. The topological polar surface area (TPSA) is 74.2 Å². The van der Waals surface area contributed by atoms with Crippen molar-refractivity contribution in [3.05, 3.63) is 63.8 Å². The molecule has 0 atom stereocenters. The van der Waals surface area contributed by atoms with Gasteiger partial charge in [-0.2, -0.15) is 0 Å². The van der Waals surface area contributed by atoms with Crippen LogP contribution in [0, 0.1) is 0 Å². The summed E-state index contributed by atoms with van der Waals surface area (Å²) in [5, 5.41) is 0.182. The summed E-state index contributed by atoms with van der Waals surface area (Å²) in [6.45, 7) is 9.81. The fraction of sp³-hybridized carbons (Fsp3) is 0.292.